The summed E-state index contributed by atoms with van der Waals surface area (Å²) in [6, 6.07) is 0. The van der Waals surface area contributed by atoms with E-state index in [0.29, 0.717) is 0 Å². The van der Waals surface area contributed by atoms with Crippen LogP contribution in [-0.4, -0.2) is 21.9 Å². The quantitative estimate of drug-likeness (QED) is 0.696. The highest BCUT2D eigenvalue weighted by molar-refractivity contribution is 5.21. The summed E-state index contributed by atoms with van der Waals surface area (Å²) in [6.45, 7) is 11.1. The molecule has 0 aromatic heterocycles. The lowest BCUT2D eigenvalue weighted by molar-refractivity contribution is -0.223. The molecule has 2 heteroatoms. The van der Waals surface area contributed by atoms with Gasteiger partial charge in [0.05, 0.1) is 11.7 Å². The Morgan fingerprint density at radius 2 is 1.67 bits per heavy atom. The van der Waals surface area contributed by atoms with Crippen LogP contribution in [-0.2, 0) is 0 Å². The number of hydrogen-bond acceptors (Lipinski definition) is 2. The van der Waals surface area contributed by atoms with Crippen LogP contribution < -0.4 is 0 Å². The number of rotatable bonds is 0. The van der Waals surface area contributed by atoms with Gasteiger partial charge in [-0.3, -0.25) is 0 Å². The molecule has 3 fully saturated rings. The molecule has 3 saturated carbocycles. The molecule has 0 radical (unpaired) electrons. The molecule has 0 heterocycles. The van der Waals surface area contributed by atoms with Gasteiger partial charge in [0.2, 0.25) is 0 Å². The fourth-order valence-electron chi connectivity index (χ4n) is 6.24. The summed E-state index contributed by atoms with van der Waals surface area (Å²) in [5.74, 6) is 0.979. The van der Waals surface area contributed by atoms with Crippen LogP contribution in [0.4, 0.5) is 0 Å². The molecule has 1 spiro atoms. The molecule has 2 bridgehead atoms. The first-order chi connectivity index (χ1) is 8.05. The third-order valence-electron chi connectivity index (χ3n) is 7.10. The molecule has 5 atom stereocenters. The Hall–Kier alpha value is -0.0800. The van der Waals surface area contributed by atoms with Crippen molar-refractivity contribution >= 4 is 0 Å². The lowest BCUT2D eigenvalue weighted by Gasteiger charge is -2.61. The maximum absolute atomic E-state index is 10.7. The first kappa shape index (κ1) is 12.9. The third-order valence-corrected chi connectivity index (χ3v) is 7.10. The molecule has 0 aliphatic heterocycles. The van der Waals surface area contributed by atoms with Crippen LogP contribution in [0.5, 0.6) is 0 Å². The van der Waals surface area contributed by atoms with Crippen LogP contribution in [0.3, 0.4) is 0 Å². The monoisotopic (exact) mass is 252 g/mol. The molecule has 104 valence electrons. The molecule has 5 unspecified atom stereocenters. The van der Waals surface area contributed by atoms with E-state index in [2.05, 4.69) is 27.7 Å². The minimum absolute atomic E-state index is 0.128. The molecule has 3 aliphatic carbocycles. The van der Waals surface area contributed by atoms with Crippen molar-refractivity contribution in [3.05, 3.63) is 0 Å². The van der Waals surface area contributed by atoms with Crippen LogP contribution in [0, 0.1) is 28.1 Å². The number of aliphatic hydroxyl groups excluding tert-OH is 1. The molecule has 2 N–H and O–H groups in total. The molecule has 2 nitrogen and oxygen atoms in total. The Bertz CT molecular complexity index is 383. The Kier molecular flexibility index (Phi) is 2.26. The summed E-state index contributed by atoms with van der Waals surface area (Å²) in [5, 5.41) is 21.4. The summed E-state index contributed by atoms with van der Waals surface area (Å²) in [6.07, 6.45) is 3.96. The van der Waals surface area contributed by atoms with Gasteiger partial charge in [0.1, 0.15) is 0 Å². The van der Waals surface area contributed by atoms with Crippen molar-refractivity contribution in [2.75, 3.05) is 0 Å². The summed E-state index contributed by atoms with van der Waals surface area (Å²) in [7, 11) is 0. The smallest absolute Gasteiger partial charge is 0.0885 e. The van der Waals surface area contributed by atoms with Crippen LogP contribution in [0.15, 0.2) is 0 Å². The van der Waals surface area contributed by atoms with E-state index < -0.39 is 11.7 Å². The molecule has 0 amide bonds. The van der Waals surface area contributed by atoms with Crippen molar-refractivity contribution in [3.8, 4) is 0 Å². The summed E-state index contributed by atoms with van der Waals surface area (Å²) >= 11 is 0. The highest BCUT2D eigenvalue weighted by atomic mass is 16.3. The van der Waals surface area contributed by atoms with Crippen LogP contribution in [0.2, 0.25) is 0 Å². The van der Waals surface area contributed by atoms with Crippen molar-refractivity contribution in [3.63, 3.8) is 0 Å². The average Bonchev–Trinajstić information content (AvgIpc) is 2.68. The minimum Gasteiger partial charge on any atom is -0.390 e. The Morgan fingerprint density at radius 1 is 1.06 bits per heavy atom. The predicted octanol–water partition coefficient (Wildman–Crippen LogP) is 2.97. The Morgan fingerprint density at radius 3 is 2.28 bits per heavy atom. The number of fused-ring (bicyclic) bond motifs is 1. The number of aliphatic hydroxyl groups is 2. The van der Waals surface area contributed by atoms with Gasteiger partial charge in [-0.05, 0) is 60.7 Å². The van der Waals surface area contributed by atoms with Gasteiger partial charge < -0.3 is 10.2 Å². The van der Waals surface area contributed by atoms with E-state index in [9.17, 15) is 10.2 Å². The van der Waals surface area contributed by atoms with E-state index in [4.69, 9.17) is 0 Å². The Balaban J connectivity index is 2.14. The topological polar surface area (TPSA) is 40.5 Å². The van der Waals surface area contributed by atoms with Gasteiger partial charge >= 0.3 is 0 Å². The predicted molar refractivity (Wildman–Crippen MR) is 72.1 cm³/mol. The highest BCUT2D eigenvalue weighted by Gasteiger charge is 2.72. The van der Waals surface area contributed by atoms with Crippen LogP contribution in [0.1, 0.15) is 60.3 Å². The molecule has 18 heavy (non-hydrogen) atoms. The molecular weight excluding hydrogens is 224 g/mol. The van der Waals surface area contributed by atoms with Gasteiger partial charge in [-0.2, -0.15) is 0 Å². The van der Waals surface area contributed by atoms with Crippen molar-refractivity contribution in [1.82, 2.24) is 0 Å². The van der Waals surface area contributed by atoms with Crippen molar-refractivity contribution in [2.24, 2.45) is 28.1 Å². The largest absolute Gasteiger partial charge is 0.390 e. The lowest BCUT2D eigenvalue weighted by Crippen LogP contribution is -2.63. The van der Waals surface area contributed by atoms with E-state index in [0.717, 1.165) is 12.3 Å². The van der Waals surface area contributed by atoms with Crippen LogP contribution in [0.25, 0.3) is 0 Å². The average molecular weight is 252 g/mol. The van der Waals surface area contributed by atoms with Crippen molar-refractivity contribution < 1.29 is 10.2 Å². The summed E-state index contributed by atoms with van der Waals surface area (Å²) in [5.41, 5.74) is -0.383. The molecule has 0 aromatic rings. The summed E-state index contributed by atoms with van der Waals surface area (Å²) < 4.78 is 0. The molecule has 0 saturated heterocycles. The van der Waals surface area contributed by atoms with Gasteiger partial charge in [-0.1, -0.05) is 27.7 Å². The van der Waals surface area contributed by atoms with Gasteiger partial charge in [0.25, 0.3) is 0 Å². The molecule has 0 aromatic carbocycles. The second kappa shape index (κ2) is 3.15. The SMILES string of the molecule is CC1(O)CC(C)(C)C23CCC(C2)C(C)(C)C3C1O. The fraction of sp³-hybridized carbons (Fsp3) is 1.00. The third kappa shape index (κ3) is 1.22. The van der Waals surface area contributed by atoms with Crippen LogP contribution >= 0.6 is 0 Å². The van der Waals surface area contributed by atoms with Gasteiger partial charge in [0, 0.05) is 0 Å². The minimum atomic E-state index is -0.929. The highest BCUT2D eigenvalue weighted by Crippen LogP contribution is 2.76. The molecule has 3 rings (SSSR count). The van der Waals surface area contributed by atoms with E-state index in [1.54, 1.807) is 0 Å². The second-order valence-corrected chi connectivity index (χ2v) is 8.76. The zero-order chi connectivity index (χ0) is 13.6. The Labute approximate surface area is 111 Å². The van der Waals surface area contributed by atoms with E-state index >= 15 is 0 Å². The zero-order valence-corrected chi connectivity index (χ0v) is 12.5. The fourth-order valence-corrected chi connectivity index (χ4v) is 6.24. The first-order valence-electron chi connectivity index (χ1n) is 7.45. The zero-order valence-electron chi connectivity index (χ0n) is 12.5. The lowest BCUT2D eigenvalue weighted by atomic mass is 9.45. The van der Waals surface area contributed by atoms with E-state index in [-0.39, 0.29) is 22.2 Å². The van der Waals surface area contributed by atoms with Crippen molar-refractivity contribution in [2.45, 2.75) is 72.0 Å². The van der Waals surface area contributed by atoms with Gasteiger partial charge in [0.15, 0.2) is 0 Å². The van der Waals surface area contributed by atoms with E-state index in [1.165, 1.54) is 19.3 Å². The molecule has 3 aliphatic rings. The second-order valence-electron chi connectivity index (χ2n) is 8.76. The number of hydrogen-bond donors (Lipinski definition) is 2. The van der Waals surface area contributed by atoms with E-state index in [1.807, 2.05) is 6.92 Å². The molecular formula is C16H28O2. The van der Waals surface area contributed by atoms with Crippen molar-refractivity contribution in [1.29, 1.82) is 0 Å². The normalized spacial score (nSPS) is 56.5. The maximum Gasteiger partial charge on any atom is 0.0885 e. The standard InChI is InChI=1S/C16H28O2/c1-13(2)9-15(5,18)12(17)11-14(3,4)10-6-7-16(11,13)8-10/h10-12,17-18H,6-9H2,1-5H3. The van der Waals surface area contributed by atoms with Gasteiger partial charge in [-0.15, -0.1) is 0 Å². The first-order valence-corrected chi connectivity index (χ1v) is 7.45. The maximum atomic E-state index is 10.7. The summed E-state index contributed by atoms with van der Waals surface area (Å²) in [4.78, 5) is 0. The van der Waals surface area contributed by atoms with Gasteiger partial charge in [-0.25, -0.2) is 0 Å².